The summed E-state index contributed by atoms with van der Waals surface area (Å²) in [6.07, 6.45) is -6.30. The van der Waals surface area contributed by atoms with Crippen LogP contribution in [0.25, 0.3) is 0 Å². The molecule has 0 spiro atoms. The van der Waals surface area contributed by atoms with Gasteiger partial charge in [-0.15, -0.1) is 0 Å². The van der Waals surface area contributed by atoms with Crippen molar-refractivity contribution in [3.8, 4) is 0 Å². The Bertz CT molecular complexity index is 933. The molecule has 2 rings (SSSR count). The minimum absolute atomic E-state index is 0. The van der Waals surface area contributed by atoms with Gasteiger partial charge in [0.1, 0.15) is 6.04 Å². The number of carbonyl (C=O) groups is 3. The monoisotopic (exact) mass is 444 g/mol. The van der Waals surface area contributed by atoms with Gasteiger partial charge in [0.15, 0.2) is 6.10 Å². The topological polar surface area (TPSA) is 170 Å². The molecule has 0 saturated heterocycles. The van der Waals surface area contributed by atoms with Crippen LogP contribution in [0.5, 0.6) is 0 Å². The van der Waals surface area contributed by atoms with E-state index in [0.717, 1.165) is 24.3 Å². The number of halogens is 3. The van der Waals surface area contributed by atoms with Gasteiger partial charge in [0.2, 0.25) is 0 Å². The summed E-state index contributed by atoms with van der Waals surface area (Å²) >= 11 is 0. The first-order valence-electron chi connectivity index (χ1n) is 8.39. The van der Waals surface area contributed by atoms with E-state index in [1.165, 1.54) is 18.2 Å². The quantitative estimate of drug-likeness (QED) is 0.478. The molecule has 31 heavy (non-hydrogen) atoms. The van der Waals surface area contributed by atoms with Gasteiger partial charge in [0, 0.05) is 11.3 Å². The number of nitrogens with two attached hydrogens (primary N) is 1. The molecule has 0 saturated carbocycles. The lowest BCUT2D eigenvalue weighted by atomic mass is 10.1. The summed E-state index contributed by atoms with van der Waals surface area (Å²) in [7, 11) is 0. The predicted octanol–water partition coefficient (Wildman–Crippen LogP) is 1.51. The third-order valence-electron chi connectivity index (χ3n) is 3.94. The van der Waals surface area contributed by atoms with E-state index < -0.39 is 41.7 Å². The van der Waals surface area contributed by atoms with Gasteiger partial charge in [-0.25, -0.2) is 4.79 Å². The van der Waals surface area contributed by atoms with Crippen molar-refractivity contribution in [3.05, 3.63) is 65.2 Å². The van der Waals surface area contributed by atoms with Crippen LogP contribution in [0, 0.1) is 0 Å². The largest absolute Gasteiger partial charge is 0.480 e. The van der Waals surface area contributed by atoms with E-state index in [-0.39, 0.29) is 23.3 Å². The molecule has 2 aromatic carbocycles. The normalized spacial score (nSPS) is 12.9. The van der Waals surface area contributed by atoms with Crippen molar-refractivity contribution < 1.29 is 48.0 Å². The number of hydrogen-bond donors (Lipinski definition) is 4. The van der Waals surface area contributed by atoms with Gasteiger partial charge in [-0.2, -0.15) is 13.2 Å². The standard InChI is InChI=1S/C19H17F3N2O6.H2O/c20-19(21,22)12-6-4-11(5-7-12)16(25)24-13-3-1-2-10(8-13)9-30-15(18(28)29)14(23)17(26)27;/h1-8,14-15H,9,23H2,(H,24,25)(H,26,27)(H,28,29);1H2/t14-,15-;/m0./s1. The van der Waals surface area contributed by atoms with E-state index in [0.29, 0.717) is 5.56 Å². The summed E-state index contributed by atoms with van der Waals surface area (Å²) in [5.41, 5.74) is 5.09. The second kappa shape index (κ2) is 10.5. The highest BCUT2D eigenvalue weighted by Gasteiger charge is 2.32. The molecular formula is C19H19F3N2O7. The minimum Gasteiger partial charge on any atom is -0.480 e. The third kappa shape index (κ3) is 7.06. The molecule has 0 aliphatic carbocycles. The fourth-order valence-electron chi connectivity index (χ4n) is 2.40. The summed E-state index contributed by atoms with van der Waals surface area (Å²) < 4.78 is 42.9. The molecule has 7 N–H and O–H groups in total. The number of carboxylic acid groups (broad SMARTS) is 2. The fourth-order valence-corrected chi connectivity index (χ4v) is 2.40. The number of aliphatic carboxylic acids is 2. The molecule has 1 amide bonds. The zero-order valence-electron chi connectivity index (χ0n) is 15.7. The first-order valence-corrected chi connectivity index (χ1v) is 8.39. The maximum atomic E-state index is 12.6. The van der Waals surface area contributed by atoms with E-state index in [4.69, 9.17) is 20.7 Å². The van der Waals surface area contributed by atoms with Crippen molar-refractivity contribution in [1.29, 1.82) is 0 Å². The minimum atomic E-state index is -4.51. The molecule has 0 bridgehead atoms. The van der Waals surface area contributed by atoms with Gasteiger partial charge >= 0.3 is 18.1 Å². The summed E-state index contributed by atoms with van der Waals surface area (Å²) in [6.45, 7) is -0.304. The predicted molar refractivity (Wildman–Crippen MR) is 101 cm³/mol. The highest BCUT2D eigenvalue weighted by atomic mass is 19.4. The average molecular weight is 444 g/mol. The number of ether oxygens (including phenoxy) is 1. The van der Waals surface area contributed by atoms with Crippen molar-refractivity contribution in [2.24, 2.45) is 5.73 Å². The molecule has 0 radical (unpaired) electrons. The number of anilines is 1. The molecule has 0 unspecified atom stereocenters. The molecule has 0 aliphatic rings. The number of rotatable bonds is 8. The van der Waals surface area contributed by atoms with Crippen LogP contribution in [0.3, 0.4) is 0 Å². The Hall–Kier alpha value is -3.48. The van der Waals surface area contributed by atoms with Gasteiger partial charge in [0.25, 0.3) is 5.91 Å². The molecule has 12 heteroatoms. The van der Waals surface area contributed by atoms with Crippen LogP contribution in [0.1, 0.15) is 21.5 Å². The summed E-state index contributed by atoms with van der Waals surface area (Å²) in [5, 5.41) is 20.4. The van der Waals surface area contributed by atoms with Crippen molar-refractivity contribution >= 4 is 23.5 Å². The van der Waals surface area contributed by atoms with Crippen LogP contribution < -0.4 is 11.1 Å². The lowest BCUT2D eigenvalue weighted by molar-refractivity contribution is -0.159. The number of hydrogen-bond acceptors (Lipinski definition) is 5. The molecule has 168 valence electrons. The van der Waals surface area contributed by atoms with Crippen LogP contribution in [0.2, 0.25) is 0 Å². The molecule has 9 nitrogen and oxygen atoms in total. The third-order valence-corrected chi connectivity index (χ3v) is 3.94. The summed E-state index contributed by atoms with van der Waals surface area (Å²) in [6, 6.07) is 7.88. The first kappa shape index (κ1) is 25.6. The van der Waals surface area contributed by atoms with Crippen LogP contribution >= 0.6 is 0 Å². The van der Waals surface area contributed by atoms with Gasteiger partial charge in [-0.3, -0.25) is 9.59 Å². The van der Waals surface area contributed by atoms with Gasteiger partial charge in [-0.05, 0) is 42.0 Å². The van der Waals surface area contributed by atoms with E-state index in [1.807, 2.05) is 0 Å². The Morgan fingerprint density at radius 1 is 1.03 bits per heavy atom. The molecule has 2 atom stereocenters. The van der Waals surface area contributed by atoms with E-state index in [2.05, 4.69) is 5.32 Å². The molecule has 2 aromatic rings. The molecule has 0 aliphatic heterocycles. The molecule has 0 heterocycles. The zero-order valence-corrected chi connectivity index (χ0v) is 15.7. The number of nitrogens with one attached hydrogen (secondary N) is 1. The number of benzene rings is 2. The Kier molecular flexibility index (Phi) is 8.67. The number of carboxylic acids is 2. The smallest absolute Gasteiger partial charge is 0.416 e. The van der Waals surface area contributed by atoms with Gasteiger partial charge < -0.3 is 31.5 Å². The summed E-state index contributed by atoms with van der Waals surface area (Å²) in [4.78, 5) is 34.2. The Labute approximate surface area is 173 Å². The highest BCUT2D eigenvalue weighted by molar-refractivity contribution is 6.04. The Morgan fingerprint density at radius 2 is 1.65 bits per heavy atom. The Balaban J connectivity index is 0.00000480. The lowest BCUT2D eigenvalue weighted by Gasteiger charge is -2.17. The lowest BCUT2D eigenvalue weighted by Crippen LogP contribution is -2.47. The van der Waals surface area contributed by atoms with Crippen molar-refractivity contribution in [2.45, 2.75) is 24.9 Å². The van der Waals surface area contributed by atoms with Crippen molar-refractivity contribution in [3.63, 3.8) is 0 Å². The first-order chi connectivity index (χ1) is 14.0. The van der Waals surface area contributed by atoms with E-state index >= 15 is 0 Å². The SMILES string of the molecule is N[C@H](C(=O)O)[C@H](OCc1cccc(NC(=O)c2ccc(C(F)(F)F)cc2)c1)C(=O)O.O. The fraction of sp³-hybridized carbons (Fsp3) is 0.211. The van der Waals surface area contributed by atoms with Crippen molar-refractivity contribution in [1.82, 2.24) is 0 Å². The van der Waals surface area contributed by atoms with E-state index in [1.54, 1.807) is 6.07 Å². The van der Waals surface area contributed by atoms with Gasteiger partial charge in [-0.1, -0.05) is 12.1 Å². The van der Waals surface area contributed by atoms with Gasteiger partial charge in [0.05, 0.1) is 12.2 Å². The number of alkyl halides is 3. The average Bonchev–Trinajstić information content (AvgIpc) is 2.67. The van der Waals surface area contributed by atoms with Crippen LogP contribution in [0.15, 0.2) is 48.5 Å². The van der Waals surface area contributed by atoms with Crippen LogP contribution in [-0.2, 0) is 27.1 Å². The molecule has 0 fully saturated rings. The second-order valence-corrected chi connectivity index (χ2v) is 6.16. The maximum Gasteiger partial charge on any atom is 0.416 e. The maximum absolute atomic E-state index is 12.6. The zero-order chi connectivity index (χ0) is 22.5. The molecular weight excluding hydrogens is 425 g/mol. The molecule has 0 aromatic heterocycles. The second-order valence-electron chi connectivity index (χ2n) is 6.16. The number of carbonyl (C=O) groups excluding carboxylic acids is 1. The Morgan fingerprint density at radius 3 is 2.16 bits per heavy atom. The summed E-state index contributed by atoms with van der Waals surface area (Å²) in [5.74, 6) is -3.74. The highest BCUT2D eigenvalue weighted by Crippen LogP contribution is 2.29. The van der Waals surface area contributed by atoms with Crippen LogP contribution in [-0.4, -0.2) is 45.7 Å². The number of amides is 1. The van der Waals surface area contributed by atoms with E-state index in [9.17, 15) is 27.6 Å². The van der Waals surface area contributed by atoms with Crippen LogP contribution in [0.4, 0.5) is 18.9 Å². The van der Waals surface area contributed by atoms with Crippen molar-refractivity contribution in [2.75, 3.05) is 5.32 Å².